The minimum atomic E-state index is 0.0937. The van der Waals surface area contributed by atoms with E-state index < -0.39 is 0 Å². The average molecular weight is 396 g/mol. The van der Waals surface area contributed by atoms with Crippen LogP contribution in [0.3, 0.4) is 0 Å². The van der Waals surface area contributed by atoms with Crippen molar-refractivity contribution >= 4 is 28.0 Å². The number of hydrogen-bond acceptors (Lipinski definition) is 4. The van der Waals surface area contributed by atoms with Crippen LogP contribution < -0.4 is 0 Å². The Balaban J connectivity index is 1.87. The SMILES string of the molecule is CCN(CC)CCN(CC)C(=O)c1sc(-c2cccc3ccccc23)nc1C. The molecule has 0 aliphatic rings. The second-order valence-corrected chi connectivity index (χ2v) is 7.87. The van der Waals surface area contributed by atoms with E-state index in [1.54, 1.807) is 0 Å². The molecule has 0 fully saturated rings. The molecule has 0 aliphatic carbocycles. The van der Waals surface area contributed by atoms with Crippen LogP contribution in [0.15, 0.2) is 42.5 Å². The number of aryl methyl sites for hydroxylation is 1. The number of carbonyl (C=O) groups is 1. The van der Waals surface area contributed by atoms with Crippen molar-refractivity contribution in [2.75, 3.05) is 32.7 Å². The molecule has 0 unspecified atom stereocenters. The average Bonchev–Trinajstić information content (AvgIpc) is 3.12. The lowest BCUT2D eigenvalue weighted by molar-refractivity contribution is 0.0750. The first-order chi connectivity index (χ1) is 13.6. The molecular weight excluding hydrogens is 366 g/mol. The lowest BCUT2D eigenvalue weighted by Crippen LogP contribution is -2.38. The quantitative estimate of drug-likeness (QED) is 0.534. The van der Waals surface area contributed by atoms with Crippen LogP contribution in [-0.4, -0.2) is 53.4 Å². The Kier molecular flexibility index (Phi) is 6.81. The Morgan fingerprint density at radius 3 is 2.39 bits per heavy atom. The molecule has 1 amide bonds. The summed E-state index contributed by atoms with van der Waals surface area (Å²) in [7, 11) is 0. The minimum absolute atomic E-state index is 0.0937. The fraction of sp³-hybridized carbons (Fsp3) is 0.391. The number of hydrogen-bond donors (Lipinski definition) is 0. The molecule has 5 heteroatoms. The molecule has 3 aromatic rings. The van der Waals surface area contributed by atoms with Crippen molar-refractivity contribution in [3.8, 4) is 10.6 Å². The topological polar surface area (TPSA) is 36.4 Å². The number of fused-ring (bicyclic) bond motifs is 1. The molecule has 28 heavy (non-hydrogen) atoms. The van der Waals surface area contributed by atoms with E-state index in [1.807, 2.05) is 30.9 Å². The van der Waals surface area contributed by atoms with Gasteiger partial charge >= 0.3 is 0 Å². The first kappa shape index (κ1) is 20.5. The van der Waals surface area contributed by atoms with Gasteiger partial charge in [-0.05, 0) is 37.7 Å². The standard InChI is InChI=1S/C23H29N3OS/c1-5-25(6-2)15-16-26(7-3)23(27)21-17(4)24-22(28-21)20-14-10-12-18-11-8-9-13-19(18)20/h8-14H,5-7,15-16H2,1-4H3. The van der Waals surface area contributed by atoms with Gasteiger partial charge in [0.05, 0.1) is 5.69 Å². The van der Waals surface area contributed by atoms with Gasteiger partial charge in [-0.15, -0.1) is 11.3 Å². The van der Waals surface area contributed by atoms with Crippen LogP contribution in [0.4, 0.5) is 0 Å². The highest BCUT2D eigenvalue weighted by Gasteiger charge is 2.22. The summed E-state index contributed by atoms with van der Waals surface area (Å²) < 4.78 is 0. The Bertz CT molecular complexity index is 941. The van der Waals surface area contributed by atoms with Gasteiger partial charge in [0.25, 0.3) is 5.91 Å². The lowest BCUT2D eigenvalue weighted by atomic mass is 10.1. The number of nitrogens with zero attached hydrogens (tertiary/aromatic N) is 3. The molecule has 0 radical (unpaired) electrons. The van der Waals surface area contributed by atoms with Crippen molar-refractivity contribution in [1.82, 2.24) is 14.8 Å². The molecule has 3 rings (SSSR count). The fourth-order valence-corrected chi connectivity index (χ4v) is 4.54. The lowest BCUT2D eigenvalue weighted by Gasteiger charge is -2.25. The predicted octanol–water partition coefficient (Wildman–Crippen LogP) is 5.08. The summed E-state index contributed by atoms with van der Waals surface area (Å²) in [5.41, 5.74) is 1.91. The Labute approximate surface area is 171 Å². The van der Waals surface area contributed by atoms with Gasteiger partial charge in [0.15, 0.2) is 0 Å². The van der Waals surface area contributed by atoms with Crippen molar-refractivity contribution in [3.05, 3.63) is 53.0 Å². The first-order valence-corrected chi connectivity index (χ1v) is 10.9. The molecule has 0 aliphatic heterocycles. The molecule has 0 spiro atoms. The van der Waals surface area contributed by atoms with Crippen molar-refractivity contribution in [2.45, 2.75) is 27.7 Å². The van der Waals surface area contributed by atoms with E-state index in [4.69, 9.17) is 4.98 Å². The van der Waals surface area contributed by atoms with Crippen LogP contribution in [0.5, 0.6) is 0 Å². The molecule has 148 valence electrons. The van der Waals surface area contributed by atoms with E-state index in [1.165, 1.54) is 22.1 Å². The summed E-state index contributed by atoms with van der Waals surface area (Å²) in [6.07, 6.45) is 0. The van der Waals surface area contributed by atoms with Gasteiger partial charge in [-0.1, -0.05) is 56.3 Å². The molecule has 0 saturated heterocycles. The third-order valence-corrected chi connectivity index (χ3v) is 6.44. The number of rotatable bonds is 8. The largest absolute Gasteiger partial charge is 0.337 e. The molecule has 0 bridgehead atoms. The Hall–Kier alpha value is -2.24. The zero-order chi connectivity index (χ0) is 20.1. The Morgan fingerprint density at radius 1 is 0.964 bits per heavy atom. The number of likely N-dealkylation sites (N-methyl/N-ethyl adjacent to an activating group) is 2. The van der Waals surface area contributed by atoms with Gasteiger partial charge in [-0.3, -0.25) is 4.79 Å². The smallest absolute Gasteiger partial charge is 0.265 e. The van der Waals surface area contributed by atoms with Gasteiger partial charge in [-0.25, -0.2) is 4.98 Å². The van der Waals surface area contributed by atoms with E-state index in [2.05, 4.69) is 49.1 Å². The highest BCUT2D eigenvalue weighted by atomic mass is 32.1. The number of amides is 1. The summed E-state index contributed by atoms with van der Waals surface area (Å²) in [6, 6.07) is 14.6. The second-order valence-electron chi connectivity index (χ2n) is 6.87. The van der Waals surface area contributed by atoms with Gasteiger partial charge < -0.3 is 9.80 Å². The Morgan fingerprint density at radius 2 is 1.68 bits per heavy atom. The molecule has 2 aromatic carbocycles. The number of thiazole rings is 1. The summed E-state index contributed by atoms with van der Waals surface area (Å²) >= 11 is 1.51. The summed E-state index contributed by atoms with van der Waals surface area (Å²) in [5, 5.41) is 3.28. The zero-order valence-electron chi connectivity index (χ0n) is 17.2. The van der Waals surface area contributed by atoms with Crippen molar-refractivity contribution in [2.24, 2.45) is 0 Å². The van der Waals surface area contributed by atoms with E-state index in [9.17, 15) is 4.79 Å². The molecule has 0 N–H and O–H groups in total. The first-order valence-electron chi connectivity index (χ1n) is 10.1. The maximum Gasteiger partial charge on any atom is 0.265 e. The van der Waals surface area contributed by atoms with Crippen LogP contribution in [0.25, 0.3) is 21.3 Å². The van der Waals surface area contributed by atoms with Crippen LogP contribution in [0, 0.1) is 6.92 Å². The highest BCUT2D eigenvalue weighted by Crippen LogP contribution is 2.33. The van der Waals surface area contributed by atoms with Gasteiger partial charge in [0.2, 0.25) is 0 Å². The molecule has 0 atom stereocenters. The summed E-state index contributed by atoms with van der Waals surface area (Å²) in [4.78, 5) is 23.0. The van der Waals surface area contributed by atoms with Crippen molar-refractivity contribution in [1.29, 1.82) is 0 Å². The van der Waals surface area contributed by atoms with E-state index in [0.717, 1.165) is 47.3 Å². The highest BCUT2D eigenvalue weighted by molar-refractivity contribution is 7.17. The maximum absolute atomic E-state index is 13.2. The second kappa shape index (κ2) is 9.30. The number of carbonyl (C=O) groups excluding carboxylic acids is 1. The van der Waals surface area contributed by atoms with Crippen LogP contribution in [-0.2, 0) is 0 Å². The van der Waals surface area contributed by atoms with Crippen molar-refractivity contribution in [3.63, 3.8) is 0 Å². The molecule has 1 aromatic heterocycles. The third-order valence-electron chi connectivity index (χ3n) is 5.26. The zero-order valence-corrected chi connectivity index (χ0v) is 18.1. The van der Waals surface area contributed by atoms with Gasteiger partial charge in [-0.2, -0.15) is 0 Å². The minimum Gasteiger partial charge on any atom is -0.337 e. The maximum atomic E-state index is 13.2. The fourth-order valence-electron chi connectivity index (χ4n) is 3.47. The van der Waals surface area contributed by atoms with Crippen LogP contribution in [0.2, 0.25) is 0 Å². The predicted molar refractivity (Wildman–Crippen MR) is 119 cm³/mol. The normalized spacial score (nSPS) is 11.3. The summed E-state index contributed by atoms with van der Waals surface area (Å²) in [5.74, 6) is 0.0937. The monoisotopic (exact) mass is 395 g/mol. The number of aromatic nitrogens is 1. The van der Waals surface area contributed by atoms with E-state index in [-0.39, 0.29) is 5.91 Å². The van der Waals surface area contributed by atoms with E-state index >= 15 is 0 Å². The van der Waals surface area contributed by atoms with Crippen LogP contribution in [0.1, 0.15) is 36.1 Å². The van der Waals surface area contributed by atoms with E-state index in [0.29, 0.717) is 6.54 Å². The molecule has 1 heterocycles. The molecule has 0 saturated carbocycles. The third kappa shape index (κ3) is 4.26. The number of benzene rings is 2. The summed E-state index contributed by atoms with van der Waals surface area (Å²) in [6.45, 7) is 12.7. The van der Waals surface area contributed by atoms with Gasteiger partial charge in [0.1, 0.15) is 9.88 Å². The van der Waals surface area contributed by atoms with Crippen molar-refractivity contribution < 1.29 is 4.79 Å². The van der Waals surface area contributed by atoms with Gasteiger partial charge in [0, 0.05) is 25.2 Å². The molecule has 4 nitrogen and oxygen atoms in total. The van der Waals surface area contributed by atoms with Crippen LogP contribution >= 0.6 is 11.3 Å². The molecular formula is C23H29N3OS.